The largest absolute Gasteiger partial charge is 0.454 e. The van der Waals surface area contributed by atoms with Crippen molar-refractivity contribution < 1.29 is 18.3 Å². The van der Waals surface area contributed by atoms with Crippen LogP contribution in [0.5, 0.6) is 11.5 Å². The summed E-state index contributed by atoms with van der Waals surface area (Å²) in [5, 5.41) is 14.3. The average Bonchev–Trinajstić information content (AvgIpc) is 2.40. The first-order chi connectivity index (χ1) is 9.41. The Bertz CT molecular complexity index is 715. The molecule has 6 nitrogen and oxygen atoms in total. The van der Waals surface area contributed by atoms with E-state index in [1.54, 1.807) is 30.3 Å². The highest BCUT2D eigenvalue weighted by molar-refractivity contribution is 7.89. The minimum absolute atomic E-state index is 0.0455. The van der Waals surface area contributed by atoms with Gasteiger partial charge in [0.05, 0.1) is 12.3 Å². The molecular formula is C13H14N2O4S. The Kier molecular flexibility index (Phi) is 3.93. The van der Waals surface area contributed by atoms with Crippen molar-refractivity contribution in [1.29, 1.82) is 0 Å². The SMILES string of the molecule is Nc1cc(CO)cc(S(N)(=O)=O)c1Oc1ccccc1. The maximum atomic E-state index is 11.6. The Hall–Kier alpha value is -2.09. The van der Waals surface area contributed by atoms with Crippen LogP contribution in [0.2, 0.25) is 0 Å². The average molecular weight is 294 g/mol. The molecule has 7 heteroatoms. The van der Waals surface area contributed by atoms with Crippen LogP contribution in [0.25, 0.3) is 0 Å². The summed E-state index contributed by atoms with van der Waals surface area (Å²) in [7, 11) is -4.02. The van der Waals surface area contributed by atoms with E-state index in [0.29, 0.717) is 11.3 Å². The van der Waals surface area contributed by atoms with Gasteiger partial charge in [-0.2, -0.15) is 0 Å². The zero-order chi connectivity index (χ0) is 14.8. The molecule has 0 aliphatic heterocycles. The third kappa shape index (κ3) is 3.08. The van der Waals surface area contributed by atoms with Gasteiger partial charge in [-0.1, -0.05) is 18.2 Å². The first kappa shape index (κ1) is 14.3. The number of benzene rings is 2. The highest BCUT2D eigenvalue weighted by Crippen LogP contribution is 2.35. The molecule has 0 amide bonds. The van der Waals surface area contributed by atoms with Gasteiger partial charge in [0.25, 0.3) is 0 Å². The predicted molar refractivity (Wildman–Crippen MR) is 74.7 cm³/mol. The number of hydrogen-bond donors (Lipinski definition) is 3. The van der Waals surface area contributed by atoms with E-state index in [1.807, 2.05) is 0 Å². The number of nitrogens with two attached hydrogens (primary N) is 2. The van der Waals surface area contributed by atoms with Crippen LogP contribution < -0.4 is 15.6 Å². The van der Waals surface area contributed by atoms with Crippen molar-refractivity contribution in [2.45, 2.75) is 11.5 Å². The number of sulfonamides is 1. The molecule has 0 heterocycles. The number of ether oxygens (including phenoxy) is 1. The lowest BCUT2D eigenvalue weighted by Gasteiger charge is -2.13. The van der Waals surface area contributed by atoms with Crippen LogP contribution >= 0.6 is 0 Å². The summed E-state index contributed by atoms with van der Waals surface area (Å²) in [4.78, 5) is -0.259. The van der Waals surface area contributed by atoms with Crippen molar-refractivity contribution >= 4 is 15.7 Å². The molecular weight excluding hydrogens is 280 g/mol. The van der Waals surface area contributed by atoms with Crippen molar-refractivity contribution in [1.82, 2.24) is 0 Å². The summed E-state index contributed by atoms with van der Waals surface area (Å²) in [6, 6.07) is 11.3. The number of aliphatic hydroxyl groups excluding tert-OH is 1. The van der Waals surface area contributed by atoms with Crippen molar-refractivity contribution in [3.8, 4) is 11.5 Å². The lowest BCUT2D eigenvalue weighted by Crippen LogP contribution is -2.14. The van der Waals surface area contributed by atoms with Gasteiger partial charge in [0.2, 0.25) is 10.0 Å². The molecule has 0 saturated heterocycles. The Morgan fingerprint density at radius 3 is 2.35 bits per heavy atom. The topological polar surface area (TPSA) is 116 Å². The predicted octanol–water partition coefficient (Wildman–Crippen LogP) is 1.20. The third-order valence-corrected chi connectivity index (χ3v) is 3.51. The van der Waals surface area contributed by atoms with Crippen molar-refractivity contribution in [2.24, 2.45) is 5.14 Å². The highest BCUT2D eigenvalue weighted by Gasteiger charge is 2.20. The van der Waals surface area contributed by atoms with Gasteiger partial charge < -0.3 is 15.6 Å². The fourth-order valence-electron chi connectivity index (χ4n) is 1.70. The Balaban J connectivity index is 2.57. The van der Waals surface area contributed by atoms with E-state index in [-0.39, 0.29) is 22.9 Å². The van der Waals surface area contributed by atoms with Crippen molar-refractivity contribution in [3.63, 3.8) is 0 Å². The van der Waals surface area contributed by atoms with Crippen LogP contribution in [0.15, 0.2) is 47.4 Å². The van der Waals surface area contributed by atoms with E-state index >= 15 is 0 Å². The Labute approximate surface area is 116 Å². The summed E-state index contributed by atoms with van der Waals surface area (Å²) < 4.78 is 28.8. The van der Waals surface area contributed by atoms with Gasteiger partial charge in [-0.25, -0.2) is 13.6 Å². The molecule has 0 aliphatic rings. The summed E-state index contributed by atoms with van der Waals surface area (Å²) in [6.07, 6.45) is 0. The third-order valence-electron chi connectivity index (χ3n) is 2.60. The zero-order valence-electron chi connectivity index (χ0n) is 10.5. The number of hydrogen-bond acceptors (Lipinski definition) is 5. The van der Waals surface area contributed by atoms with Gasteiger partial charge >= 0.3 is 0 Å². The maximum Gasteiger partial charge on any atom is 0.241 e. The number of primary sulfonamides is 1. The van der Waals surface area contributed by atoms with Crippen LogP contribution in [-0.2, 0) is 16.6 Å². The monoisotopic (exact) mass is 294 g/mol. The number of para-hydroxylation sites is 1. The van der Waals surface area contributed by atoms with Crippen LogP contribution in [0.3, 0.4) is 0 Å². The molecule has 0 aliphatic carbocycles. The molecule has 5 N–H and O–H groups in total. The normalized spacial score (nSPS) is 11.3. The highest BCUT2D eigenvalue weighted by atomic mass is 32.2. The van der Waals surface area contributed by atoms with E-state index in [2.05, 4.69) is 0 Å². The van der Waals surface area contributed by atoms with Crippen molar-refractivity contribution in [2.75, 3.05) is 5.73 Å². The summed E-state index contributed by atoms with van der Waals surface area (Å²) in [6.45, 7) is -0.349. The number of anilines is 1. The van der Waals surface area contributed by atoms with E-state index in [1.165, 1.54) is 12.1 Å². The summed E-state index contributed by atoms with van der Waals surface area (Å²) in [5.74, 6) is 0.386. The molecule has 0 bridgehead atoms. The molecule has 0 aromatic heterocycles. The maximum absolute atomic E-state index is 11.6. The second kappa shape index (κ2) is 5.49. The van der Waals surface area contributed by atoms with Crippen LogP contribution in [0.1, 0.15) is 5.56 Å². The Morgan fingerprint density at radius 1 is 1.15 bits per heavy atom. The van der Waals surface area contributed by atoms with Gasteiger partial charge in [0, 0.05) is 0 Å². The van der Waals surface area contributed by atoms with Crippen LogP contribution in [-0.4, -0.2) is 13.5 Å². The van der Waals surface area contributed by atoms with Gasteiger partial charge in [-0.05, 0) is 29.8 Å². The molecule has 0 atom stereocenters. The lowest BCUT2D eigenvalue weighted by atomic mass is 10.2. The molecule has 0 unspecified atom stereocenters. The Morgan fingerprint density at radius 2 is 1.80 bits per heavy atom. The first-order valence-electron chi connectivity index (χ1n) is 5.71. The van der Waals surface area contributed by atoms with Gasteiger partial charge in [0.1, 0.15) is 10.6 Å². The lowest BCUT2D eigenvalue weighted by molar-refractivity contribution is 0.281. The minimum Gasteiger partial charge on any atom is -0.454 e. The first-order valence-corrected chi connectivity index (χ1v) is 7.25. The standard InChI is InChI=1S/C13H14N2O4S/c14-11-6-9(8-16)7-12(20(15,17)18)13(11)19-10-4-2-1-3-5-10/h1-7,16H,8,14H2,(H2,15,17,18). The van der Waals surface area contributed by atoms with Gasteiger partial charge in [-0.3, -0.25) is 0 Å². The second-order valence-corrected chi connectivity index (χ2v) is 5.66. The molecule has 0 radical (unpaired) electrons. The molecule has 20 heavy (non-hydrogen) atoms. The molecule has 2 aromatic rings. The van der Waals surface area contributed by atoms with E-state index in [0.717, 1.165) is 0 Å². The van der Waals surface area contributed by atoms with Crippen molar-refractivity contribution in [3.05, 3.63) is 48.0 Å². The van der Waals surface area contributed by atoms with E-state index in [4.69, 9.17) is 20.7 Å². The minimum atomic E-state index is -4.02. The molecule has 2 aromatic carbocycles. The molecule has 0 spiro atoms. The molecule has 106 valence electrons. The quantitative estimate of drug-likeness (QED) is 0.733. The van der Waals surface area contributed by atoms with Crippen LogP contribution in [0.4, 0.5) is 5.69 Å². The fraction of sp³-hybridized carbons (Fsp3) is 0.0769. The number of aliphatic hydroxyl groups is 1. The van der Waals surface area contributed by atoms with Gasteiger partial charge in [0.15, 0.2) is 5.75 Å². The number of rotatable bonds is 4. The summed E-state index contributed by atoms with van der Waals surface area (Å²) >= 11 is 0. The smallest absolute Gasteiger partial charge is 0.241 e. The number of nitrogen functional groups attached to an aromatic ring is 1. The van der Waals surface area contributed by atoms with E-state index in [9.17, 15) is 8.42 Å². The molecule has 2 rings (SSSR count). The molecule has 0 saturated carbocycles. The van der Waals surface area contributed by atoms with Crippen LogP contribution in [0, 0.1) is 0 Å². The van der Waals surface area contributed by atoms with Gasteiger partial charge in [-0.15, -0.1) is 0 Å². The van der Waals surface area contributed by atoms with E-state index < -0.39 is 10.0 Å². The summed E-state index contributed by atoms with van der Waals surface area (Å²) in [5.41, 5.74) is 6.21. The second-order valence-electron chi connectivity index (χ2n) is 4.13. The molecule has 0 fully saturated rings. The zero-order valence-corrected chi connectivity index (χ0v) is 11.3. The fourth-order valence-corrected chi connectivity index (χ4v) is 2.43.